The van der Waals surface area contributed by atoms with Crippen molar-refractivity contribution in [3.05, 3.63) is 41.2 Å². The van der Waals surface area contributed by atoms with Crippen molar-refractivity contribution in [3.8, 4) is 34.8 Å². The van der Waals surface area contributed by atoms with Crippen LogP contribution in [0.5, 0.6) is 17.5 Å². The molecule has 1 aromatic carbocycles. The predicted octanol–water partition coefficient (Wildman–Crippen LogP) is 3.47. The molecule has 3 heterocycles. The lowest BCUT2D eigenvalue weighted by atomic mass is 10.1. The minimum absolute atomic E-state index is 0.0156. The molecular weight excluding hydrogens is 408 g/mol. The number of hydrogen-bond acceptors (Lipinski definition) is 8. The molecular formula is C23H24N6O3. The van der Waals surface area contributed by atoms with Crippen LogP contribution in [-0.2, 0) is 7.05 Å². The molecule has 1 fully saturated rings. The summed E-state index contributed by atoms with van der Waals surface area (Å²) in [4.78, 5) is 8.86. The van der Waals surface area contributed by atoms with E-state index in [-0.39, 0.29) is 30.0 Å². The van der Waals surface area contributed by atoms with Crippen LogP contribution < -0.4 is 19.9 Å². The van der Waals surface area contributed by atoms with E-state index in [4.69, 9.17) is 19.9 Å². The first kappa shape index (κ1) is 20.1. The maximum atomic E-state index is 9.74. The lowest BCUT2D eigenvalue weighted by Gasteiger charge is -2.22. The van der Waals surface area contributed by atoms with Crippen molar-refractivity contribution in [2.75, 3.05) is 5.73 Å². The van der Waals surface area contributed by atoms with E-state index in [1.165, 1.54) is 10.9 Å². The van der Waals surface area contributed by atoms with Crippen LogP contribution in [-0.4, -0.2) is 32.0 Å². The Hall–Kier alpha value is -3.80. The molecule has 2 aromatic heterocycles. The summed E-state index contributed by atoms with van der Waals surface area (Å²) in [5.74, 6) is 1.47. The van der Waals surface area contributed by atoms with Crippen molar-refractivity contribution in [3.63, 3.8) is 0 Å². The Bertz CT molecular complexity index is 1230. The zero-order valence-electron chi connectivity index (χ0n) is 18.2. The minimum Gasteiger partial charge on any atom is -0.490 e. The fourth-order valence-electron chi connectivity index (χ4n) is 4.31. The average Bonchev–Trinajstić information content (AvgIpc) is 3.33. The Balaban J connectivity index is 1.67. The van der Waals surface area contributed by atoms with Gasteiger partial charge in [0.1, 0.15) is 41.4 Å². The van der Waals surface area contributed by atoms with Crippen LogP contribution in [0.4, 0.5) is 5.82 Å². The van der Waals surface area contributed by atoms with Crippen LogP contribution in [0.25, 0.3) is 11.3 Å². The number of aromatic nitrogens is 4. The van der Waals surface area contributed by atoms with Gasteiger partial charge in [0.25, 0.3) is 5.88 Å². The first-order valence-electron chi connectivity index (χ1n) is 10.6. The Labute approximate surface area is 185 Å². The van der Waals surface area contributed by atoms with E-state index in [2.05, 4.69) is 27.2 Å². The average molecular weight is 432 g/mol. The molecule has 1 aliphatic heterocycles. The van der Waals surface area contributed by atoms with Crippen molar-refractivity contribution in [1.29, 1.82) is 5.26 Å². The maximum Gasteiger partial charge on any atom is 0.258 e. The molecule has 1 saturated carbocycles. The molecule has 9 heteroatoms. The van der Waals surface area contributed by atoms with Gasteiger partial charge in [-0.15, -0.1) is 5.10 Å². The molecule has 0 radical (unpaired) electrons. The van der Waals surface area contributed by atoms with Crippen molar-refractivity contribution in [2.24, 2.45) is 7.05 Å². The van der Waals surface area contributed by atoms with E-state index in [0.717, 1.165) is 36.1 Å². The maximum absolute atomic E-state index is 9.74. The monoisotopic (exact) mass is 432 g/mol. The fourth-order valence-corrected chi connectivity index (χ4v) is 4.31. The van der Waals surface area contributed by atoms with Crippen LogP contribution in [0.15, 0.2) is 24.4 Å². The Morgan fingerprint density at radius 1 is 1.16 bits per heavy atom. The number of benzene rings is 1. The number of ether oxygens (including phenoxy) is 3. The molecule has 0 spiro atoms. The van der Waals surface area contributed by atoms with Gasteiger partial charge in [-0.25, -0.2) is 9.97 Å². The van der Waals surface area contributed by atoms with Gasteiger partial charge < -0.3 is 19.9 Å². The van der Waals surface area contributed by atoms with E-state index in [1.807, 2.05) is 26.0 Å². The molecule has 0 amide bonds. The Kier molecular flexibility index (Phi) is 4.85. The van der Waals surface area contributed by atoms with Gasteiger partial charge in [0.2, 0.25) is 5.88 Å². The van der Waals surface area contributed by atoms with Gasteiger partial charge in [-0.2, -0.15) is 5.26 Å². The minimum atomic E-state index is -0.378. The number of nitriles is 1. The van der Waals surface area contributed by atoms with Crippen molar-refractivity contribution in [1.82, 2.24) is 19.7 Å². The Morgan fingerprint density at radius 2 is 1.94 bits per heavy atom. The zero-order chi connectivity index (χ0) is 22.4. The Morgan fingerprint density at radius 3 is 2.72 bits per heavy atom. The van der Waals surface area contributed by atoms with Crippen LogP contribution in [0.1, 0.15) is 49.1 Å². The van der Waals surface area contributed by atoms with Gasteiger partial charge in [0.05, 0.1) is 6.20 Å². The van der Waals surface area contributed by atoms with E-state index < -0.39 is 0 Å². The highest BCUT2D eigenvalue weighted by Gasteiger charge is 2.32. The quantitative estimate of drug-likeness (QED) is 0.573. The highest BCUT2D eigenvalue weighted by atomic mass is 16.5. The molecule has 2 N–H and O–H groups in total. The van der Waals surface area contributed by atoms with Crippen molar-refractivity contribution < 1.29 is 14.2 Å². The topological polar surface area (TPSA) is 121 Å². The van der Waals surface area contributed by atoms with E-state index >= 15 is 0 Å². The van der Waals surface area contributed by atoms with Gasteiger partial charge >= 0.3 is 0 Å². The summed E-state index contributed by atoms with van der Waals surface area (Å²) >= 11 is 0. The highest BCUT2D eigenvalue weighted by molar-refractivity contribution is 5.71. The third-order valence-electron chi connectivity index (χ3n) is 5.94. The van der Waals surface area contributed by atoms with E-state index in [1.54, 1.807) is 7.05 Å². The number of fused-ring (bicyclic) bond motifs is 7. The first-order valence-corrected chi connectivity index (χ1v) is 10.6. The third-order valence-corrected chi connectivity index (χ3v) is 5.94. The molecule has 1 aliphatic carbocycles. The highest BCUT2D eigenvalue weighted by Crippen LogP contribution is 2.39. The van der Waals surface area contributed by atoms with Gasteiger partial charge in [0, 0.05) is 19.0 Å². The molecule has 2 aliphatic rings. The zero-order valence-corrected chi connectivity index (χ0v) is 18.2. The molecule has 3 aromatic rings. The van der Waals surface area contributed by atoms with Crippen LogP contribution >= 0.6 is 0 Å². The lowest BCUT2D eigenvalue weighted by Crippen LogP contribution is -2.19. The fraction of sp³-hybridized carbons (Fsp3) is 0.391. The van der Waals surface area contributed by atoms with Crippen LogP contribution in [0.2, 0.25) is 0 Å². The van der Waals surface area contributed by atoms with Gasteiger partial charge in [-0.05, 0) is 38.8 Å². The number of nitrogen functional groups attached to an aromatic ring is 1. The van der Waals surface area contributed by atoms with Crippen molar-refractivity contribution in [2.45, 2.75) is 51.4 Å². The number of anilines is 1. The molecule has 5 rings (SSSR count). The van der Waals surface area contributed by atoms with Crippen molar-refractivity contribution >= 4 is 5.82 Å². The number of nitrogens with zero attached hydrogens (tertiary/aromatic N) is 5. The SMILES string of the molecule is Cc1ccc2c(c1)[C@@H](C)Oc1nc(cnc1N)-c1c(nn(C)c1C#N)OC1CCC(C1)O2. The smallest absolute Gasteiger partial charge is 0.258 e. The van der Waals surface area contributed by atoms with Gasteiger partial charge in [-0.3, -0.25) is 4.68 Å². The first-order chi connectivity index (χ1) is 15.4. The lowest BCUT2D eigenvalue weighted by molar-refractivity contribution is 0.154. The molecule has 0 saturated heterocycles. The van der Waals surface area contributed by atoms with Crippen LogP contribution in [0, 0.1) is 18.3 Å². The molecule has 4 bridgehead atoms. The number of hydrogen-bond donors (Lipinski definition) is 1. The summed E-state index contributed by atoms with van der Waals surface area (Å²) < 4.78 is 20.3. The van der Waals surface area contributed by atoms with Gasteiger partial charge in [-0.1, -0.05) is 11.6 Å². The summed E-state index contributed by atoms with van der Waals surface area (Å²) in [5.41, 5.74) is 9.34. The predicted molar refractivity (Wildman–Crippen MR) is 116 cm³/mol. The summed E-state index contributed by atoms with van der Waals surface area (Å²) in [6, 6.07) is 8.24. The standard InChI is InChI=1S/C23H24N6O3/c1-12-4-7-19-16(8-12)13(2)30-23-21(25)26-11-17(27-23)20-18(10-24)29(3)28-22(20)32-15-6-5-14(9-15)31-19/h4,7-8,11,13-15H,5-6,9H2,1-3H3,(H2,25,26)/t13-,14?,15?/m1/s1. The summed E-state index contributed by atoms with van der Waals surface area (Å²) in [6.07, 6.45) is 3.49. The largest absolute Gasteiger partial charge is 0.490 e. The van der Waals surface area contributed by atoms with Gasteiger partial charge in [0.15, 0.2) is 11.5 Å². The molecule has 9 nitrogen and oxygen atoms in total. The van der Waals surface area contributed by atoms with E-state index in [0.29, 0.717) is 22.8 Å². The molecule has 164 valence electrons. The summed E-state index contributed by atoms with van der Waals surface area (Å²) in [5, 5.41) is 14.2. The summed E-state index contributed by atoms with van der Waals surface area (Å²) in [6.45, 7) is 3.96. The number of rotatable bonds is 0. The number of nitrogens with two attached hydrogens (primary N) is 1. The molecule has 32 heavy (non-hydrogen) atoms. The third kappa shape index (κ3) is 3.47. The second kappa shape index (κ2) is 7.71. The number of aryl methyl sites for hydroxylation is 2. The normalized spacial score (nSPS) is 21.8. The van der Waals surface area contributed by atoms with Crippen LogP contribution in [0.3, 0.4) is 0 Å². The second-order valence-electron chi connectivity index (χ2n) is 8.30. The molecule has 2 unspecified atom stereocenters. The molecule has 3 atom stereocenters. The van der Waals surface area contributed by atoms with E-state index in [9.17, 15) is 5.26 Å². The summed E-state index contributed by atoms with van der Waals surface area (Å²) in [7, 11) is 1.70. The second-order valence-corrected chi connectivity index (χ2v) is 8.30.